The highest BCUT2D eigenvalue weighted by atomic mass is 16.1. The monoisotopic (exact) mass is 221 g/mol. The molecule has 0 unspecified atom stereocenters. The van der Waals surface area contributed by atoms with E-state index >= 15 is 0 Å². The zero-order chi connectivity index (χ0) is 11.4. The summed E-state index contributed by atoms with van der Waals surface area (Å²) in [6.45, 7) is 7.18. The third kappa shape index (κ3) is 2.85. The normalized spacial score (nSPS) is 21.6. The third-order valence-electron chi connectivity index (χ3n) is 2.98. The molecule has 0 amide bonds. The van der Waals surface area contributed by atoms with Crippen LogP contribution < -0.4 is 5.32 Å². The van der Waals surface area contributed by atoms with Gasteiger partial charge in [-0.3, -0.25) is 9.69 Å². The van der Waals surface area contributed by atoms with E-state index in [4.69, 9.17) is 0 Å². The molecule has 0 atom stereocenters. The lowest BCUT2D eigenvalue weighted by atomic mass is 10.2. The Bertz CT molecular complexity index is 314. The van der Waals surface area contributed by atoms with Crippen LogP contribution in [0.15, 0.2) is 24.0 Å². The lowest BCUT2D eigenvalue weighted by Crippen LogP contribution is -2.47. The molecule has 0 aromatic rings. The lowest BCUT2D eigenvalue weighted by molar-refractivity contribution is -0.118. The standard InChI is InChI=1S/C12H19N3O/c1-11(16)10-14-6-8-15(9-7-14)12-2-4-13-5-3-12/h2-4,13H,5-10H2,1H3. The molecule has 0 aliphatic carbocycles. The number of allylic oxidation sites excluding steroid dienone is 1. The summed E-state index contributed by atoms with van der Waals surface area (Å²) in [7, 11) is 0. The summed E-state index contributed by atoms with van der Waals surface area (Å²) >= 11 is 0. The number of carbonyl (C=O) groups is 1. The van der Waals surface area contributed by atoms with E-state index in [1.807, 2.05) is 6.20 Å². The van der Waals surface area contributed by atoms with Gasteiger partial charge in [0, 0.05) is 38.4 Å². The number of carbonyl (C=O) groups excluding carboxylic acids is 1. The molecule has 4 heteroatoms. The fourth-order valence-corrected chi connectivity index (χ4v) is 2.16. The van der Waals surface area contributed by atoms with Gasteiger partial charge >= 0.3 is 0 Å². The molecule has 88 valence electrons. The van der Waals surface area contributed by atoms with E-state index < -0.39 is 0 Å². The molecule has 0 aromatic carbocycles. The van der Waals surface area contributed by atoms with Crippen molar-refractivity contribution in [2.75, 3.05) is 39.3 Å². The molecule has 0 bridgehead atoms. The van der Waals surface area contributed by atoms with Crippen molar-refractivity contribution in [2.45, 2.75) is 6.92 Å². The van der Waals surface area contributed by atoms with Gasteiger partial charge < -0.3 is 10.2 Å². The number of piperazine rings is 1. The fourth-order valence-electron chi connectivity index (χ4n) is 2.16. The highest BCUT2D eigenvalue weighted by Crippen LogP contribution is 2.11. The summed E-state index contributed by atoms with van der Waals surface area (Å²) in [5.41, 5.74) is 1.31. The lowest BCUT2D eigenvalue weighted by Gasteiger charge is -2.36. The number of Topliss-reactive ketones (excluding diaryl/α,β-unsaturated/α-hetero) is 1. The average molecular weight is 221 g/mol. The SMILES string of the molecule is CC(=O)CN1CCN(C2=CCNC=C2)CC1. The molecule has 16 heavy (non-hydrogen) atoms. The second kappa shape index (κ2) is 5.16. The summed E-state index contributed by atoms with van der Waals surface area (Å²) < 4.78 is 0. The molecule has 0 saturated carbocycles. The molecular weight excluding hydrogens is 202 g/mol. The minimum absolute atomic E-state index is 0.259. The van der Waals surface area contributed by atoms with Crippen molar-refractivity contribution in [3.8, 4) is 0 Å². The van der Waals surface area contributed by atoms with Gasteiger partial charge in [0.15, 0.2) is 0 Å². The third-order valence-corrected chi connectivity index (χ3v) is 2.98. The quantitative estimate of drug-likeness (QED) is 0.738. The summed E-state index contributed by atoms with van der Waals surface area (Å²) in [4.78, 5) is 15.6. The zero-order valence-corrected chi connectivity index (χ0v) is 9.78. The maximum absolute atomic E-state index is 11.0. The van der Waals surface area contributed by atoms with Crippen molar-refractivity contribution in [1.82, 2.24) is 15.1 Å². The van der Waals surface area contributed by atoms with Crippen LogP contribution in [0.3, 0.4) is 0 Å². The smallest absolute Gasteiger partial charge is 0.143 e. The van der Waals surface area contributed by atoms with E-state index in [2.05, 4.69) is 27.3 Å². The van der Waals surface area contributed by atoms with Gasteiger partial charge in [-0.05, 0) is 25.3 Å². The van der Waals surface area contributed by atoms with Gasteiger partial charge in [0.1, 0.15) is 5.78 Å². The van der Waals surface area contributed by atoms with E-state index in [9.17, 15) is 4.79 Å². The van der Waals surface area contributed by atoms with Crippen molar-refractivity contribution >= 4 is 5.78 Å². The van der Waals surface area contributed by atoms with Crippen molar-refractivity contribution < 1.29 is 4.79 Å². The molecular formula is C12H19N3O. The van der Waals surface area contributed by atoms with Gasteiger partial charge in [-0.2, -0.15) is 0 Å². The van der Waals surface area contributed by atoms with E-state index in [1.54, 1.807) is 6.92 Å². The van der Waals surface area contributed by atoms with Crippen LogP contribution in [0, 0.1) is 0 Å². The number of nitrogens with one attached hydrogen (secondary N) is 1. The van der Waals surface area contributed by atoms with Gasteiger partial charge in [-0.25, -0.2) is 0 Å². The maximum Gasteiger partial charge on any atom is 0.143 e. The highest BCUT2D eigenvalue weighted by Gasteiger charge is 2.18. The minimum Gasteiger partial charge on any atom is -0.387 e. The summed E-state index contributed by atoms with van der Waals surface area (Å²) in [6, 6.07) is 0. The highest BCUT2D eigenvalue weighted by molar-refractivity contribution is 5.77. The van der Waals surface area contributed by atoms with Crippen molar-refractivity contribution in [1.29, 1.82) is 0 Å². The topological polar surface area (TPSA) is 35.6 Å². The number of ketones is 1. The van der Waals surface area contributed by atoms with Gasteiger partial charge in [0.25, 0.3) is 0 Å². The average Bonchev–Trinajstić information content (AvgIpc) is 2.30. The molecule has 2 aliphatic heterocycles. The molecule has 1 N–H and O–H groups in total. The molecule has 4 nitrogen and oxygen atoms in total. The maximum atomic E-state index is 11.0. The van der Waals surface area contributed by atoms with E-state index in [0.29, 0.717) is 6.54 Å². The Labute approximate surface area is 96.6 Å². The first-order valence-corrected chi connectivity index (χ1v) is 5.82. The fraction of sp³-hybridized carbons (Fsp3) is 0.583. The van der Waals surface area contributed by atoms with Crippen molar-refractivity contribution in [3.63, 3.8) is 0 Å². The van der Waals surface area contributed by atoms with Gasteiger partial charge in [-0.1, -0.05) is 0 Å². The van der Waals surface area contributed by atoms with Crippen LogP contribution in [-0.4, -0.2) is 54.9 Å². The Kier molecular flexibility index (Phi) is 3.62. The zero-order valence-electron chi connectivity index (χ0n) is 9.78. The molecule has 1 saturated heterocycles. The molecule has 2 rings (SSSR count). The Morgan fingerprint density at radius 1 is 1.38 bits per heavy atom. The molecule has 0 aromatic heterocycles. The van der Waals surface area contributed by atoms with Crippen LogP contribution in [0.2, 0.25) is 0 Å². The van der Waals surface area contributed by atoms with Crippen molar-refractivity contribution in [2.24, 2.45) is 0 Å². The number of dihydropyridines is 1. The number of hydrogen-bond acceptors (Lipinski definition) is 4. The number of nitrogens with zero attached hydrogens (tertiary/aromatic N) is 2. The van der Waals surface area contributed by atoms with E-state index in [-0.39, 0.29) is 5.78 Å². The number of rotatable bonds is 3. The van der Waals surface area contributed by atoms with Crippen molar-refractivity contribution in [3.05, 3.63) is 24.0 Å². The second-order valence-corrected chi connectivity index (χ2v) is 4.34. The Morgan fingerprint density at radius 2 is 2.12 bits per heavy atom. The summed E-state index contributed by atoms with van der Waals surface area (Å²) in [5.74, 6) is 0.259. The van der Waals surface area contributed by atoms with Crippen LogP contribution in [-0.2, 0) is 4.79 Å². The predicted octanol–water partition coefficient (Wildman–Crippen LogP) is 0.194. The predicted molar refractivity (Wildman–Crippen MR) is 63.9 cm³/mol. The Hall–Kier alpha value is -1.29. The molecule has 2 aliphatic rings. The van der Waals surface area contributed by atoms with Crippen LogP contribution in [0.5, 0.6) is 0 Å². The van der Waals surface area contributed by atoms with Crippen LogP contribution in [0.1, 0.15) is 6.92 Å². The van der Waals surface area contributed by atoms with E-state index in [0.717, 1.165) is 32.7 Å². The van der Waals surface area contributed by atoms with Crippen LogP contribution >= 0.6 is 0 Å². The molecule has 2 heterocycles. The van der Waals surface area contributed by atoms with Gasteiger partial charge in [0.2, 0.25) is 0 Å². The first-order valence-electron chi connectivity index (χ1n) is 5.82. The Balaban J connectivity index is 1.83. The minimum atomic E-state index is 0.259. The first kappa shape index (κ1) is 11.2. The number of hydrogen-bond donors (Lipinski definition) is 1. The van der Waals surface area contributed by atoms with Gasteiger partial charge in [0.05, 0.1) is 6.54 Å². The largest absolute Gasteiger partial charge is 0.387 e. The second-order valence-electron chi connectivity index (χ2n) is 4.34. The Morgan fingerprint density at radius 3 is 2.69 bits per heavy atom. The summed E-state index contributed by atoms with van der Waals surface area (Å²) in [5, 5.41) is 3.15. The molecule has 0 spiro atoms. The molecule has 0 radical (unpaired) electrons. The van der Waals surface area contributed by atoms with Crippen LogP contribution in [0.25, 0.3) is 0 Å². The van der Waals surface area contributed by atoms with E-state index in [1.165, 1.54) is 5.70 Å². The first-order chi connectivity index (χ1) is 7.75. The molecule has 1 fully saturated rings. The van der Waals surface area contributed by atoms with Crippen LogP contribution in [0.4, 0.5) is 0 Å². The summed E-state index contributed by atoms with van der Waals surface area (Å²) in [6.07, 6.45) is 6.32. The van der Waals surface area contributed by atoms with Gasteiger partial charge in [-0.15, -0.1) is 0 Å².